The Bertz CT molecular complexity index is 586. The van der Waals surface area contributed by atoms with Crippen molar-refractivity contribution in [2.75, 3.05) is 19.8 Å². The van der Waals surface area contributed by atoms with Gasteiger partial charge in [-0.05, 0) is 36.0 Å². The number of hydrogen-bond acceptors (Lipinski definition) is 5. The Morgan fingerprint density at radius 2 is 1.95 bits per heavy atom. The van der Waals surface area contributed by atoms with Crippen LogP contribution in [0.25, 0.3) is 0 Å². The van der Waals surface area contributed by atoms with E-state index in [1.54, 1.807) is 50.8 Å². The molecule has 0 saturated heterocycles. The summed E-state index contributed by atoms with van der Waals surface area (Å²) < 4.78 is 0. The summed E-state index contributed by atoms with van der Waals surface area (Å²) in [5.74, 6) is -0.0594. The maximum Gasteiger partial charge on any atom is 0.253 e. The van der Waals surface area contributed by atoms with E-state index < -0.39 is 0 Å². The molecule has 0 saturated carbocycles. The molecule has 0 aliphatic rings. The molecule has 0 atom stereocenters. The second-order valence-electron chi connectivity index (χ2n) is 4.09. The highest BCUT2D eigenvalue weighted by molar-refractivity contribution is 7.99. The van der Waals surface area contributed by atoms with Gasteiger partial charge in [0.2, 0.25) is 0 Å². The van der Waals surface area contributed by atoms with E-state index in [4.69, 9.17) is 5.73 Å². The Kier molecular flexibility index (Phi) is 4.01. The highest BCUT2D eigenvalue weighted by atomic mass is 32.2. The molecule has 1 heterocycles. The Morgan fingerprint density at radius 1 is 1.26 bits per heavy atom. The molecular formula is C13H14N4OS. The first-order valence-electron chi connectivity index (χ1n) is 5.64. The summed E-state index contributed by atoms with van der Waals surface area (Å²) in [6, 6.07) is 6.95. The van der Waals surface area contributed by atoms with Gasteiger partial charge in [0.1, 0.15) is 0 Å². The van der Waals surface area contributed by atoms with Crippen LogP contribution in [0.15, 0.2) is 46.7 Å². The first kappa shape index (κ1) is 13.4. The zero-order valence-corrected chi connectivity index (χ0v) is 11.5. The van der Waals surface area contributed by atoms with Crippen LogP contribution in [-0.4, -0.2) is 34.9 Å². The Morgan fingerprint density at radius 3 is 2.58 bits per heavy atom. The number of aromatic nitrogens is 2. The maximum atomic E-state index is 11.9. The lowest BCUT2D eigenvalue weighted by atomic mass is 10.2. The van der Waals surface area contributed by atoms with Crippen LogP contribution in [0.3, 0.4) is 0 Å². The molecule has 0 aliphatic heterocycles. The number of carbonyl (C=O) groups excluding carboxylic acids is 1. The lowest BCUT2D eigenvalue weighted by Gasteiger charge is -2.12. The Balaban J connectivity index is 2.30. The Hall–Kier alpha value is -2.08. The number of hydrogen-bond donors (Lipinski definition) is 1. The maximum absolute atomic E-state index is 11.9. The number of nitrogen functional groups attached to an aromatic ring is 1. The van der Waals surface area contributed by atoms with Crippen molar-refractivity contribution in [2.45, 2.75) is 10.1 Å². The summed E-state index contributed by atoms with van der Waals surface area (Å²) in [4.78, 5) is 22.5. The molecule has 1 aromatic heterocycles. The summed E-state index contributed by atoms with van der Waals surface area (Å²) in [6.45, 7) is 0. The quantitative estimate of drug-likeness (QED) is 0.683. The van der Waals surface area contributed by atoms with Crippen LogP contribution in [0.2, 0.25) is 0 Å². The fraction of sp³-hybridized carbons (Fsp3) is 0.154. The zero-order valence-electron chi connectivity index (χ0n) is 10.7. The molecule has 0 bridgehead atoms. The average Bonchev–Trinajstić information content (AvgIpc) is 2.41. The second kappa shape index (κ2) is 5.71. The molecule has 1 aromatic carbocycles. The number of nitrogens with zero attached hydrogens (tertiary/aromatic N) is 3. The molecule has 0 radical (unpaired) electrons. The fourth-order valence-corrected chi connectivity index (χ4v) is 2.25. The molecule has 19 heavy (non-hydrogen) atoms. The van der Waals surface area contributed by atoms with Crippen molar-refractivity contribution in [1.82, 2.24) is 14.9 Å². The van der Waals surface area contributed by atoms with Crippen molar-refractivity contribution in [3.8, 4) is 0 Å². The minimum atomic E-state index is -0.0594. The third kappa shape index (κ3) is 3.23. The topological polar surface area (TPSA) is 72.1 Å². The van der Waals surface area contributed by atoms with Gasteiger partial charge in [0.25, 0.3) is 5.91 Å². The molecule has 0 aliphatic carbocycles. The predicted molar refractivity (Wildman–Crippen MR) is 75.0 cm³/mol. The van der Waals surface area contributed by atoms with E-state index in [1.165, 1.54) is 16.7 Å². The average molecular weight is 274 g/mol. The molecule has 2 N–H and O–H groups in total. The van der Waals surface area contributed by atoms with E-state index >= 15 is 0 Å². The highest BCUT2D eigenvalue weighted by Crippen LogP contribution is 2.30. The molecule has 2 rings (SSSR count). The summed E-state index contributed by atoms with van der Waals surface area (Å²) in [6.07, 6.45) is 3.33. The van der Waals surface area contributed by atoms with Gasteiger partial charge in [0, 0.05) is 42.6 Å². The zero-order chi connectivity index (χ0) is 13.8. The Labute approximate surface area is 115 Å². The van der Waals surface area contributed by atoms with Crippen molar-refractivity contribution in [1.29, 1.82) is 0 Å². The molecule has 5 nitrogen and oxygen atoms in total. The van der Waals surface area contributed by atoms with Gasteiger partial charge >= 0.3 is 0 Å². The van der Waals surface area contributed by atoms with Gasteiger partial charge in [-0.1, -0.05) is 0 Å². The smallest absolute Gasteiger partial charge is 0.253 e. The minimum absolute atomic E-state index is 0.0594. The van der Waals surface area contributed by atoms with Crippen LogP contribution in [0.1, 0.15) is 10.4 Å². The van der Waals surface area contributed by atoms with E-state index in [-0.39, 0.29) is 5.91 Å². The largest absolute Gasteiger partial charge is 0.398 e. The summed E-state index contributed by atoms with van der Waals surface area (Å²) in [5, 5.41) is 0.601. The van der Waals surface area contributed by atoms with Crippen LogP contribution in [-0.2, 0) is 0 Å². The number of nitrogens with two attached hydrogens (primary N) is 1. The third-order valence-corrected chi connectivity index (χ3v) is 3.38. The number of amides is 1. The standard InChI is InChI=1S/C13H14N4OS/c1-17(2)12(18)9-4-5-10(14)11(8-9)19-13-15-6-3-7-16-13/h3-8H,14H2,1-2H3. The van der Waals surface area contributed by atoms with Gasteiger partial charge in [-0.3, -0.25) is 4.79 Å². The van der Waals surface area contributed by atoms with Gasteiger partial charge < -0.3 is 10.6 Å². The highest BCUT2D eigenvalue weighted by Gasteiger charge is 2.11. The van der Waals surface area contributed by atoms with E-state index in [1.807, 2.05) is 0 Å². The van der Waals surface area contributed by atoms with E-state index in [9.17, 15) is 4.79 Å². The molecular weight excluding hydrogens is 260 g/mol. The summed E-state index contributed by atoms with van der Waals surface area (Å²) in [7, 11) is 3.43. The van der Waals surface area contributed by atoms with Crippen LogP contribution < -0.4 is 5.73 Å². The SMILES string of the molecule is CN(C)C(=O)c1ccc(N)c(Sc2ncccn2)c1. The first-order valence-corrected chi connectivity index (χ1v) is 6.45. The van der Waals surface area contributed by atoms with Crippen molar-refractivity contribution in [2.24, 2.45) is 0 Å². The van der Waals surface area contributed by atoms with E-state index in [2.05, 4.69) is 9.97 Å². The number of benzene rings is 1. The van der Waals surface area contributed by atoms with Crippen molar-refractivity contribution in [3.63, 3.8) is 0 Å². The molecule has 0 spiro atoms. The van der Waals surface area contributed by atoms with Gasteiger partial charge in [0.05, 0.1) is 0 Å². The molecule has 6 heteroatoms. The second-order valence-corrected chi connectivity index (χ2v) is 5.09. The van der Waals surface area contributed by atoms with Gasteiger partial charge in [-0.2, -0.15) is 0 Å². The monoisotopic (exact) mass is 274 g/mol. The van der Waals surface area contributed by atoms with Crippen LogP contribution in [0.4, 0.5) is 5.69 Å². The van der Waals surface area contributed by atoms with Crippen LogP contribution in [0.5, 0.6) is 0 Å². The molecule has 2 aromatic rings. The number of anilines is 1. The minimum Gasteiger partial charge on any atom is -0.398 e. The van der Waals surface area contributed by atoms with Crippen LogP contribution in [0, 0.1) is 0 Å². The van der Waals surface area contributed by atoms with Gasteiger partial charge in [0.15, 0.2) is 5.16 Å². The summed E-state index contributed by atoms with van der Waals surface area (Å²) >= 11 is 1.34. The van der Waals surface area contributed by atoms with E-state index in [0.29, 0.717) is 16.4 Å². The summed E-state index contributed by atoms with van der Waals surface area (Å²) in [5.41, 5.74) is 7.11. The van der Waals surface area contributed by atoms with Gasteiger partial charge in [-0.25, -0.2) is 9.97 Å². The fourth-order valence-electron chi connectivity index (χ4n) is 1.45. The number of carbonyl (C=O) groups is 1. The molecule has 0 fully saturated rings. The van der Waals surface area contributed by atoms with Crippen molar-refractivity contribution in [3.05, 3.63) is 42.2 Å². The first-order chi connectivity index (χ1) is 9.08. The van der Waals surface area contributed by atoms with Crippen molar-refractivity contribution < 1.29 is 4.79 Å². The number of rotatable bonds is 3. The van der Waals surface area contributed by atoms with Gasteiger partial charge in [-0.15, -0.1) is 0 Å². The van der Waals surface area contributed by atoms with Crippen molar-refractivity contribution >= 4 is 23.4 Å². The van der Waals surface area contributed by atoms with Crippen LogP contribution >= 0.6 is 11.8 Å². The predicted octanol–water partition coefficient (Wildman–Crippen LogP) is 1.91. The molecule has 0 unspecified atom stereocenters. The molecule has 1 amide bonds. The normalized spacial score (nSPS) is 10.2. The third-order valence-electron chi connectivity index (χ3n) is 2.41. The molecule has 98 valence electrons. The van der Waals surface area contributed by atoms with E-state index in [0.717, 1.165) is 4.90 Å². The lowest BCUT2D eigenvalue weighted by Crippen LogP contribution is -2.21. The lowest BCUT2D eigenvalue weighted by molar-refractivity contribution is 0.0827.